The molecule has 0 aromatic carbocycles. The predicted molar refractivity (Wildman–Crippen MR) is 79.1 cm³/mol. The Hall–Kier alpha value is -1.98. The van der Waals surface area contributed by atoms with Gasteiger partial charge >= 0.3 is 12.1 Å². The molecule has 3 rings (SSSR count). The number of hydrogen-bond acceptors (Lipinski definition) is 7. The predicted octanol–water partition coefficient (Wildman–Crippen LogP) is 2.89. The van der Waals surface area contributed by atoms with Crippen molar-refractivity contribution in [2.24, 2.45) is 0 Å². The van der Waals surface area contributed by atoms with Gasteiger partial charge in [0.15, 0.2) is 0 Å². The number of ether oxygens (including phenoxy) is 1. The number of nitrogens with zero attached hydrogens (tertiary/aromatic N) is 3. The van der Waals surface area contributed by atoms with E-state index in [0.29, 0.717) is 22.8 Å². The van der Waals surface area contributed by atoms with E-state index in [9.17, 15) is 18.0 Å². The summed E-state index contributed by atoms with van der Waals surface area (Å²) in [5, 5.41) is 4.51. The van der Waals surface area contributed by atoms with Crippen LogP contribution in [0.1, 0.15) is 23.6 Å². The average Bonchev–Trinajstić information content (AvgIpc) is 3.32. The molecule has 0 bridgehead atoms. The molecule has 7 nitrogen and oxygen atoms in total. The van der Waals surface area contributed by atoms with Gasteiger partial charge in [-0.2, -0.15) is 18.2 Å². The van der Waals surface area contributed by atoms with Crippen LogP contribution in [0.15, 0.2) is 16.7 Å². The van der Waals surface area contributed by atoms with Crippen molar-refractivity contribution in [1.82, 2.24) is 15.2 Å². The van der Waals surface area contributed by atoms with Crippen molar-refractivity contribution in [3.8, 4) is 10.7 Å². The second-order valence-corrected chi connectivity index (χ2v) is 6.41. The number of hydrogen-bond donors (Lipinski definition) is 0. The van der Waals surface area contributed by atoms with Gasteiger partial charge in [0.2, 0.25) is 5.82 Å². The lowest BCUT2D eigenvalue weighted by molar-refractivity contribution is -0.188. The third kappa shape index (κ3) is 3.99. The number of thiophene rings is 1. The summed E-state index contributed by atoms with van der Waals surface area (Å²) >= 11 is 1.15. The fraction of sp³-hybridized carbons (Fsp3) is 0.500. The van der Waals surface area contributed by atoms with E-state index in [0.717, 1.165) is 17.8 Å². The Bertz CT molecular complexity index is 740. The van der Waals surface area contributed by atoms with Gasteiger partial charge in [0.1, 0.15) is 6.10 Å². The molecule has 1 atom stereocenters. The lowest BCUT2D eigenvalue weighted by Crippen LogP contribution is -2.37. The van der Waals surface area contributed by atoms with Crippen LogP contribution in [-0.2, 0) is 27.1 Å². The first-order valence-electron chi connectivity index (χ1n) is 7.35. The largest absolute Gasteiger partial charge is 0.471 e. The highest BCUT2D eigenvalue weighted by molar-refractivity contribution is 7.15. The van der Waals surface area contributed by atoms with Crippen LogP contribution in [0.5, 0.6) is 0 Å². The highest BCUT2D eigenvalue weighted by Crippen LogP contribution is 2.32. The zero-order chi connectivity index (χ0) is 18.0. The summed E-state index contributed by atoms with van der Waals surface area (Å²) in [6.45, 7) is 0.681. The van der Waals surface area contributed by atoms with Gasteiger partial charge in [-0.3, -0.25) is 9.63 Å². The van der Waals surface area contributed by atoms with Crippen LogP contribution in [0, 0.1) is 0 Å². The maximum absolute atomic E-state index is 12.5. The summed E-state index contributed by atoms with van der Waals surface area (Å²) < 4.78 is 47.1. The van der Waals surface area contributed by atoms with Crippen LogP contribution in [0.3, 0.4) is 0 Å². The van der Waals surface area contributed by atoms with Crippen LogP contribution < -0.4 is 0 Å². The molecule has 25 heavy (non-hydrogen) atoms. The number of carbonyl (C=O) groups is 1. The minimum atomic E-state index is -4.69. The van der Waals surface area contributed by atoms with E-state index in [1.165, 1.54) is 12.2 Å². The SMILES string of the molecule is CON(Cc1ccc(-c2noc(C(F)(F)F)n2)s1)C(=O)C1CCCO1. The highest BCUT2D eigenvalue weighted by atomic mass is 32.1. The first kappa shape index (κ1) is 17.8. The molecule has 0 radical (unpaired) electrons. The maximum Gasteiger partial charge on any atom is 0.471 e. The second-order valence-electron chi connectivity index (χ2n) is 5.25. The van der Waals surface area contributed by atoms with E-state index in [4.69, 9.17) is 9.57 Å². The number of carbonyl (C=O) groups excluding carboxylic acids is 1. The monoisotopic (exact) mass is 377 g/mol. The summed E-state index contributed by atoms with van der Waals surface area (Å²) in [6.07, 6.45) is -3.76. The molecule has 0 N–H and O–H groups in total. The maximum atomic E-state index is 12.5. The van der Waals surface area contributed by atoms with Gasteiger partial charge in [-0.25, -0.2) is 5.06 Å². The standard InChI is InChI=1S/C14H14F3N3O4S/c1-22-20(12(21)9-3-2-6-23-9)7-8-4-5-10(25-8)11-18-13(24-19-11)14(15,16)17/h4-5,9H,2-3,6-7H2,1H3. The molecule has 1 saturated heterocycles. The third-order valence-corrected chi connectivity index (χ3v) is 4.59. The minimum absolute atomic E-state index is 0.143. The van der Waals surface area contributed by atoms with Crippen LogP contribution in [0.25, 0.3) is 10.7 Å². The van der Waals surface area contributed by atoms with Gasteiger partial charge in [-0.15, -0.1) is 11.3 Å². The molecule has 1 aliphatic rings. The number of aromatic nitrogens is 2. The van der Waals surface area contributed by atoms with E-state index >= 15 is 0 Å². The molecule has 2 aromatic heterocycles. The zero-order valence-electron chi connectivity index (χ0n) is 13.1. The molecular weight excluding hydrogens is 363 g/mol. The highest BCUT2D eigenvalue weighted by Gasteiger charge is 2.38. The van der Waals surface area contributed by atoms with E-state index in [1.807, 2.05) is 0 Å². The lowest BCUT2D eigenvalue weighted by atomic mass is 10.2. The first-order valence-corrected chi connectivity index (χ1v) is 8.17. The quantitative estimate of drug-likeness (QED) is 0.746. The van der Waals surface area contributed by atoms with Gasteiger partial charge in [-0.1, -0.05) is 5.16 Å². The smallest absolute Gasteiger partial charge is 0.368 e. The molecule has 136 valence electrons. The zero-order valence-corrected chi connectivity index (χ0v) is 13.9. The number of hydroxylamine groups is 2. The van der Waals surface area contributed by atoms with Gasteiger partial charge in [0.25, 0.3) is 5.91 Å². The van der Waals surface area contributed by atoms with Gasteiger partial charge in [-0.05, 0) is 25.0 Å². The van der Waals surface area contributed by atoms with Crippen LogP contribution in [-0.4, -0.2) is 40.9 Å². The van der Waals surface area contributed by atoms with Gasteiger partial charge < -0.3 is 9.26 Å². The first-order chi connectivity index (χ1) is 11.9. The minimum Gasteiger partial charge on any atom is -0.368 e. The Morgan fingerprint density at radius 1 is 1.48 bits per heavy atom. The molecule has 1 unspecified atom stereocenters. The summed E-state index contributed by atoms with van der Waals surface area (Å²) in [5.74, 6) is -1.84. The Labute approximate surface area is 144 Å². The van der Waals surface area contributed by atoms with Crippen molar-refractivity contribution >= 4 is 17.2 Å². The number of halogens is 3. The van der Waals surface area contributed by atoms with Crippen molar-refractivity contribution < 1.29 is 32.1 Å². The molecule has 11 heteroatoms. The fourth-order valence-electron chi connectivity index (χ4n) is 2.33. The van der Waals surface area contributed by atoms with Crippen LogP contribution in [0.2, 0.25) is 0 Å². The molecule has 0 saturated carbocycles. The van der Waals surface area contributed by atoms with Crippen molar-refractivity contribution in [3.63, 3.8) is 0 Å². The van der Waals surface area contributed by atoms with E-state index in [1.54, 1.807) is 12.1 Å². The van der Waals surface area contributed by atoms with Crippen molar-refractivity contribution in [1.29, 1.82) is 0 Å². The lowest BCUT2D eigenvalue weighted by Gasteiger charge is -2.21. The normalized spacial score (nSPS) is 17.8. The number of alkyl halides is 3. The van der Waals surface area contributed by atoms with Crippen molar-refractivity contribution in [2.45, 2.75) is 31.7 Å². The summed E-state index contributed by atoms with van der Waals surface area (Å²) in [4.78, 5) is 21.8. The summed E-state index contributed by atoms with van der Waals surface area (Å²) in [5.41, 5.74) is 0. The summed E-state index contributed by atoms with van der Waals surface area (Å²) in [6, 6.07) is 3.23. The molecule has 1 amide bonds. The molecule has 0 spiro atoms. The molecule has 0 aliphatic carbocycles. The number of amides is 1. The third-order valence-electron chi connectivity index (χ3n) is 3.52. The van der Waals surface area contributed by atoms with E-state index < -0.39 is 18.2 Å². The van der Waals surface area contributed by atoms with E-state index in [2.05, 4.69) is 14.7 Å². The van der Waals surface area contributed by atoms with Crippen molar-refractivity contribution in [2.75, 3.05) is 13.7 Å². The number of rotatable bonds is 5. The fourth-order valence-corrected chi connectivity index (χ4v) is 3.24. The Balaban J connectivity index is 1.70. The molecular formula is C14H14F3N3O4S. The van der Waals surface area contributed by atoms with Crippen molar-refractivity contribution in [3.05, 3.63) is 22.9 Å². The van der Waals surface area contributed by atoms with Gasteiger partial charge in [0.05, 0.1) is 18.5 Å². The average molecular weight is 377 g/mol. The second kappa shape index (κ2) is 7.10. The molecule has 2 aromatic rings. The Kier molecular flexibility index (Phi) is 5.06. The van der Waals surface area contributed by atoms with Crippen LogP contribution >= 0.6 is 11.3 Å². The Morgan fingerprint density at radius 2 is 2.28 bits per heavy atom. The van der Waals surface area contributed by atoms with E-state index in [-0.39, 0.29) is 18.3 Å². The molecule has 1 aliphatic heterocycles. The van der Waals surface area contributed by atoms with Crippen LogP contribution in [0.4, 0.5) is 13.2 Å². The molecule has 1 fully saturated rings. The summed E-state index contributed by atoms with van der Waals surface area (Å²) in [7, 11) is 1.37. The topological polar surface area (TPSA) is 77.7 Å². The Morgan fingerprint density at radius 3 is 2.88 bits per heavy atom. The molecule has 3 heterocycles. The van der Waals surface area contributed by atoms with Gasteiger partial charge in [0, 0.05) is 11.5 Å².